The number of ether oxygens (including phenoxy) is 1. The molecule has 0 unspecified atom stereocenters. The number of benzene rings is 3. The van der Waals surface area contributed by atoms with Gasteiger partial charge in [-0.05, 0) is 88.5 Å². The molecule has 35 heavy (non-hydrogen) atoms. The number of hydrogen-bond acceptors (Lipinski definition) is 5. The number of anilines is 1. The molecule has 0 saturated carbocycles. The van der Waals surface area contributed by atoms with Crippen LogP contribution >= 0.6 is 44.1 Å². The Morgan fingerprint density at radius 3 is 2.71 bits per heavy atom. The Bertz CT molecular complexity index is 1420. The lowest BCUT2D eigenvalue weighted by atomic mass is 9.98. The number of carbonyl (C=O) groups excluding carboxylic acids is 1. The van der Waals surface area contributed by atoms with Gasteiger partial charge in [0.2, 0.25) is 5.89 Å². The van der Waals surface area contributed by atoms with Crippen LogP contribution in [0.25, 0.3) is 22.6 Å². The van der Waals surface area contributed by atoms with E-state index < -0.39 is 5.91 Å². The van der Waals surface area contributed by atoms with Gasteiger partial charge in [-0.15, -0.1) is 0 Å². The maximum absolute atomic E-state index is 12.8. The molecule has 0 aliphatic rings. The van der Waals surface area contributed by atoms with Gasteiger partial charge in [0.1, 0.15) is 11.3 Å². The summed E-state index contributed by atoms with van der Waals surface area (Å²) in [6, 6.07) is 17.1. The van der Waals surface area contributed by atoms with Crippen LogP contribution in [0.4, 0.5) is 5.69 Å². The highest BCUT2D eigenvalue weighted by molar-refractivity contribution is 9.11. The van der Waals surface area contributed by atoms with Crippen LogP contribution in [0.15, 0.2) is 68.0 Å². The van der Waals surface area contributed by atoms with E-state index in [1.165, 1.54) is 12.7 Å². The standard InChI is InChI=1S/C26H23Br2N3O3S/c1-4-14(2)15-8-9-22-21(11-15)30-25(34-22)16-6-5-7-18(10-16)29-26(35)31-24(32)19-12-17(27)13-20(28)23(19)33-3/h5-14H,4H2,1-3H3,(H2,29,31,32,35)/t14-/m1/s1. The number of oxazole rings is 1. The van der Waals surface area contributed by atoms with Crippen LogP contribution < -0.4 is 15.4 Å². The number of carbonyl (C=O) groups is 1. The molecule has 0 aliphatic heterocycles. The minimum absolute atomic E-state index is 0.154. The summed E-state index contributed by atoms with van der Waals surface area (Å²) in [5.41, 5.74) is 4.64. The minimum atomic E-state index is -0.395. The third kappa shape index (κ3) is 5.74. The fraction of sp³-hybridized carbons (Fsp3) is 0.192. The Labute approximate surface area is 225 Å². The first kappa shape index (κ1) is 25.3. The van der Waals surface area contributed by atoms with Crippen LogP contribution in [0.5, 0.6) is 5.75 Å². The molecule has 180 valence electrons. The summed E-state index contributed by atoms with van der Waals surface area (Å²) >= 11 is 12.2. The lowest BCUT2D eigenvalue weighted by Crippen LogP contribution is -2.34. The molecule has 0 bridgehead atoms. The van der Waals surface area contributed by atoms with Gasteiger partial charge in [0.05, 0.1) is 17.1 Å². The minimum Gasteiger partial charge on any atom is -0.495 e. The van der Waals surface area contributed by atoms with Gasteiger partial charge in [-0.2, -0.15) is 0 Å². The van der Waals surface area contributed by atoms with Crippen molar-refractivity contribution < 1.29 is 13.9 Å². The van der Waals surface area contributed by atoms with E-state index in [4.69, 9.17) is 21.4 Å². The van der Waals surface area contributed by atoms with Gasteiger partial charge < -0.3 is 14.5 Å². The number of aromatic nitrogens is 1. The van der Waals surface area contributed by atoms with Crippen molar-refractivity contribution in [3.8, 4) is 17.2 Å². The second-order valence-electron chi connectivity index (χ2n) is 8.01. The second kappa shape index (κ2) is 10.9. The van der Waals surface area contributed by atoms with E-state index in [0.717, 1.165) is 27.6 Å². The lowest BCUT2D eigenvalue weighted by molar-refractivity contribution is 0.0974. The summed E-state index contributed by atoms with van der Waals surface area (Å²) in [5, 5.41) is 5.90. The summed E-state index contributed by atoms with van der Waals surface area (Å²) in [7, 11) is 1.50. The van der Waals surface area contributed by atoms with Gasteiger partial charge in [-0.1, -0.05) is 41.9 Å². The van der Waals surface area contributed by atoms with E-state index in [9.17, 15) is 4.79 Å². The molecule has 4 rings (SSSR count). The Morgan fingerprint density at radius 2 is 1.97 bits per heavy atom. The molecule has 9 heteroatoms. The van der Waals surface area contributed by atoms with Crippen LogP contribution in [-0.2, 0) is 0 Å². The van der Waals surface area contributed by atoms with Crippen LogP contribution in [0.2, 0.25) is 0 Å². The Hall–Kier alpha value is -2.75. The molecule has 4 aromatic rings. The topological polar surface area (TPSA) is 76.4 Å². The number of methoxy groups -OCH3 is 1. The first-order valence-electron chi connectivity index (χ1n) is 10.9. The summed E-state index contributed by atoms with van der Waals surface area (Å²) < 4.78 is 12.7. The smallest absolute Gasteiger partial charge is 0.261 e. The first-order valence-corrected chi connectivity index (χ1v) is 12.9. The number of amides is 1. The summed E-state index contributed by atoms with van der Waals surface area (Å²) in [6.07, 6.45) is 1.06. The van der Waals surface area contributed by atoms with Crippen LogP contribution in [0.1, 0.15) is 42.1 Å². The molecule has 3 aromatic carbocycles. The fourth-order valence-corrected chi connectivity index (χ4v) is 5.21. The molecule has 0 fully saturated rings. The normalized spacial score (nSPS) is 11.8. The highest BCUT2D eigenvalue weighted by Gasteiger charge is 2.18. The van der Waals surface area contributed by atoms with Gasteiger partial charge in [-0.3, -0.25) is 10.1 Å². The molecule has 0 saturated heterocycles. The van der Waals surface area contributed by atoms with E-state index in [1.54, 1.807) is 12.1 Å². The molecule has 1 heterocycles. The summed E-state index contributed by atoms with van der Waals surface area (Å²) in [6.45, 7) is 4.37. The van der Waals surface area contributed by atoms with Crippen molar-refractivity contribution in [3.63, 3.8) is 0 Å². The third-order valence-corrected chi connectivity index (χ3v) is 6.90. The van der Waals surface area contributed by atoms with Crippen molar-refractivity contribution >= 4 is 71.9 Å². The van der Waals surface area contributed by atoms with Crippen molar-refractivity contribution in [2.45, 2.75) is 26.2 Å². The molecule has 2 N–H and O–H groups in total. The lowest BCUT2D eigenvalue weighted by Gasteiger charge is -2.13. The van der Waals surface area contributed by atoms with Crippen LogP contribution in [-0.4, -0.2) is 23.1 Å². The SMILES string of the molecule is CC[C@@H](C)c1ccc2oc(-c3cccc(NC(=S)NC(=O)c4cc(Br)cc(Br)c4OC)c3)nc2c1. The molecule has 0 radical (unpaired) electrons. The largest absolute Gasteiger partial charge is 0.495 e. The van der Waals surface area contributed by atoms with E-state index in [1.807, 2.05) is 30.3 Å². The second-order valence-corrected chi connectivity index (χ2v) is 10.2. The highest BCUT2D eigenvalue weighted by atomic mass is 79.9. The van der Waals surface area contributed by atoms with Gasteiger partial charge in [0.15, 0.2) is 10.7 Å². The third-order valence-electron chi connectivity index (χ3n) is 5.64. The molecule has 0 spiro atoms. The monoisotopic (exact) mass is 615 g/mol. The summed E-state index contributed by atoms with van der Waals surface area (Å²) in [4.78, 5) is 17.5. The zero-order chi connectivity index (χ0) is 25.1. The molecule has 1 amide bonds. The number of halogens is 2. The van der Waals surface area contributed by atoms with Crippen LogP contribution in [0.3, 0.4) is 0 Å². The predicted molar refractivity (Wildman–Crippen MR) is 150 cm³/mol. The number of fused-ring (bicyclic) bond motifs is 1. The van der Waals surface area contributed by atoms with Crippen LogP contribution in [0, 0.1) is 0 Å². The number of thiocarbonyl (C=S) groups is 1. The fourth-order valence-electron chi connectivity index (χ4n) is 3.61. The highest BCUT2D eigenvalue weighted by Crippen LogP contribution is 2.33. The molecular formula is C26H23Br2N3O3S. The molecular weight excluding hydrogens is 594 g/mol. The predicted octanol–water partition coefficient (Wildman–Crippen LogP) is 7.67. The van der Waals surface area contributed by atoms with E-state index >= 15 is 0 Å². The Balaban J connectivity index is 1.51. The molecule has 1 atom stereocenters. The van der Waals surface area contributed by atoms with E-state index in [2.05, 4.69) is 73.5 Å². The number of rotatable bonds is 6. The van der Waals surface area contributed by atoms with Gasteiger partial charge in [0, 0.05) is 15.7 Å². The Morgan fingerprint density at radius 1 is 1.17 bits per heavy atom. The van der Waals surface area contributed by atoms with Gasteiger partial charge in [-0.25, -0.2) is 4.98 Å². The van der Waals surface area contributed by atoms with E-state index in [-0.39, 0.29) is 5.11 Å². The molecule has 1 aromatic heterocycles. The molecule has 0 aliphatic carbocycles. The van der Waals surface area contributed by atoms with Crippen molar-refractivity contribution in [1.29, 1.82) is 0 Å². The zero-order valence-corrected chi connectivity index (χ0v) is 23.3. The van der Waals surface area contributed by atoms with Gasteiger partial charge >= 0.3 is 0 Å². The average Bonchev–Trinajstić information content (AvgIpc) is 3.26. The van der Waals surface area contributed by atoms with Crippen molar-refractivity contribution in [1.82, 2.24) is 10.3 Å². The number of nitrogens with zero attached hydrogens (tertiary/aromatic N) is 1. The number of nitrogens with one attached hydrogen (secondary N) is 2. The molecule has 6 nitrogen and oxygen atoms in total. The quantitative estimate of drug-likeness (QED) is 0.217. The van der Waals surface area contributed by atoms with Crippen molar-refractivity contribution in [2.24, 2.45) is 0 Å². The summed E-state index contributed by atoms with van der Waals surface area (Å²) in [5.74, 6) is 1.00. The van der Waals surface area contributed by atoms with Crippen molar-refractivity contribution in [2.75, 3.05) is 12.4 Å². The van der Waals surface area contributed by atoms with Gasteiger partial charge in [0.25, 0.3) is 5.91 Å². The average molecular weight is 617 g/mol. The number of hydrogen-bond donors (Lipinski definition) is 2. The first-order chi connectivity index (χ1) is 16.8. The maximum atomic E-state index is 12.8. The Kier molecular flexibility index (Phi) is 7.88. The van der Waals surface area contributed by atoms with Crippen molar-refractivity contribution in [3.05, 3.63) is 74.7 Å². The maximum Gasteiger partial charge on any atom is 0.261 e. The zero-order valence-electron chi connectivity index (χ0n) is 19.3. The van der Waals surface area contributed by atoms with E-state index in [0.29, 0.717) is 33.3 Å².